The molecule has 9 heteroatoms. The number of hydrogen-bond acceptors (Lipinski definition) is 7. The molecule has 0 saturated carbocycles. The number of anilines is 3. The van der Waals surface area contributed by atoms with Gasteiger partial charge in [0.2, 0.25) is 0 Å². The van der Waals surface area contributed by atoms with Crippen LogP contribution in [0.1, 0.15) is 31.8 Å². The van der Waals surface area contributed by atoms with E-state index in [1.807, 2.05) is 36.4 Å². The summed E-state index contributed by atoms with van der Waals surface area (Å²) in [5, 5.41) is 9.82. The highest BCUT2D eigenvalue weighted by Crippen LogP contribution is 2.36. The second kappa shape index (κ2) is 11.6. The number of benzene rings is 3. The van der Waals surface area contributed by atoms with Crippen LogP contribution in [0, 0.1) is 0 Å². The average molecular weight is 478 g/mol. The number of nitrogens with two attached hydrogens (primary N) is 2. The molecule has 35 heavy (non-hydrogen) atoms. The van der Waals surface area contributed by atoms with Crippen molar-refractivity contribution in [3.63, 3.8) is 0 Å². The molecule has 0 aliphatic carbocycles. The minimum Gasteiger partial charge on any atom is -0.496 e. The first-order valence-electron chi connectivity index (χ1n) is 11.1. The van der Waals surface area contributed by atoms with Gasteiger partial charge in [-0.2, -0.15) is 0 Å². The zero-order valence-electron chi connectivity index (χ0n) is 20.1. The lowest BCUT2D eigenvalue weighted by molar-refractivity contribution is 0.0988. The van der Waals surface area contributed by atoms with Gasteiger partial charge >= 0.3 is 0 Å². The molecular weight excluding hydrogens is 446 g/mol. The summed E-state index contributed by atoms with van der Waals surface area (Å²) < 4.78 is 11.0. The predicted molar refractivity (Wildman–Crippen MR) is 139 cm³/mol. The van der Waals surface area contributed by atoms with Gasteiger partial charge < -0.3 is 36.9 Å². The largest absolute Gasteiger partial charge is 0.496 e. The lowest BCUT2D eigenvalue weighted by Gasteiger charge is -2.19. The fourth-order valence-corrected chi connectivity index (χ4v) is 3.97. The third-order valence-corrected chi connectivity index (χ3v) is 5.59. The Morgan fingerprint density at radius 1 is 0.771 bits per heavy atom. The normalized spacial score (nSPS) is 10.4. The molecule has 0 aromatic heterocycles. The Morgan fingerprint density at radius 2 is 1.31 bits per heavy atom. The van der Waals surface area contributed by atoms with Crippen molar-refractivity contribution in [3.8, 4) is 11.5 Å². The highest BCUT2D eigenvalue weighted by Gasteiger charge is 2.19. The van der Waals surface area contributed by atoms with Crippen molar-refractivity contribution in [3.05, 3.63) is 76.9 Å². The molecule has 0 unspecified atom stereocenters. The maximum Gasteiger partial charge on any atom is 0.252 e. The molecule has 0 heterocycles. The molecule has 0 radical (unpaired) electrons. The van der Waals surface area contributed by atoms with E-state index in [9.17, 15) is 9.59 Å². The smallest absolute Gasteiger partial charge is 0.252 e. The topological polar surface area (TPSA) is 141 Å². The summed E-state index contributed by atoms with van der Waals surface area (Å²) >= 11 is 0. The molecule has 9 nitrogen and oxygen atoms in total. The molecular formula is C26H31N5O4. The van der Waals surface area contributed by atoms with Crippen LogP contribution in [0.2, 0.25) is 0 Å². The van der Waals surface area contributed by atoms with E-state index in [0.717, 1.165) is 22.5 Å². The molecule has 3 aromatic rings. The van der Waals surface area contributed by atoms with E-state index >= 15 is 0 Å². The van der Waals surface area contributed by atoms with Crippen LogP contribution in [0.25, 0.3) is 0 Å². The van der Waals surface area contributed by atoms with E-state index in [0.29, 0.717) is 47.8 Å². The van der Waals surface area contributed by atoms with Gasteiger partial charge in [0.25, 0.3) is 11.8 Å². The van der Waals surface area contributed by atoms with Crippen LogP contribution in [0.5, 0.6) is 11.5 Å². The standard InChI is InChI=1S/C26H31N5O4/c1-29-22-21(12-10-18(26(28)33)24(22)35-3)31-14-13-30-20-11-9-17(25(27)32)23(34-2)19(20)15-16-7-5-4-6-8-16/h4-12,29-31H,13-15H2,1-3H3,(H2,27,32)(H2,28,33). The predicted octanol–water partition coefficient (Wildman–Crippen LogP) is 3.06. The molecule has 0 spiro atoms. The van der Waals surface area contributed by atoms with Crippen molar-refractivity contribution in [2.24, 2.45) is 11.5 Å². The van der Waals surface area contributed by atoms with Crippen molar-refractivity contribution < 1.29 is 19.1 Å². The van der Waals surface area contributed by atoms with Crippen LogP contribution in [0.4, 0.5) is 17.1 Å². The Hall–Kier alpha value is -4.40. The third kappa shape index (κ3) is 5.75. The molecule has 2 amide bonds. The van der Waals surface area contributed by atoms with E-state index in [1.54, 1.807) is 25.2 Å². The van der Waals surface area contributed by atoms with Gasteiger partial charge in [-0.3, -0.25) is 9.59 Å². The first-order chi connectivity index (χ1) is 16.9. The molecule has 0 saturated heterocycles. The average Bonchev–Trinajstić information content (AvgIpc) is 2.86. The molecule has 0 fully saturated rings. The number of amides is 2. The van der Waals surface area contributed by atoms with E-state index < -0.39 is 11.8 Å². The van der Waals surface area contributed by atoms with Gasteiger partial charge in [-0.1, -0.05) is 30.3 Å². The first-order valence-corrected chi connectivity index (χ1v) is 11.1. The zero-order chi connectivity index (χ0) is 25.4. The minimum atomic E-state index is -0.564. The highest BCUT2D eigenvalue weighted by atomic mass is 16.5. The van der Waals surface area contributed by atoms with Crippen LogP contribution < -0.4 is 36.9 Å². The third-order valence-electron chi connectivity index (χ3n) is 5.59. The van der Waals surface area contributed by atoms with Crippen LogP contribution in [-0.2, 0) is 6.42 Å². The lowest BCUT2D eigenvalue weighted by atomic mass is 9.98. The fraction of sp³-hybridized carbons (Fsp3) is 0.231. The van der Waals surface area contributed by atoms with Crippen LogP contribution in [-0.4, -0.2) is 46.2 Å². The number of ether oxygens (including phenoxy) is 2. The maximum absolute atomic E-state index is 12.0. The zero-order valence-corrected chi connectivity index (χ0v) is 20.1. The van der Waals surface area contributed by atoms with Gasteiger partial charge in [-0.25, -0.2) is 0 Å². The van der Waals surface area contributed by atoms with Gasteiger partial charge in [-0.05, 0) is 29.8 Å². The summed E-state index contributed by atoms with van der Waals surface area (Å²) in [6, 6.07) is 16.8. The molecule has 0 aliphatic heterocycles. The summed E-state index contributed by atoms with van der Waals surface area (Å²) in [6.07, 6.45) is 0.566. The number of rotatable bonds is 12. The summed E-state index contributed by atoms with van der Waals surface area (Å²) in [5.74, 6) is -0.262. The number of primary amides is 2. The molecule has 7 N–H and O–H groups in total. The van der Waals surface area contributed by atoms with Gasteiger partial charge in [0.1, 0.15) is 11.4 Å². The number of methoxy groups -OCH3 is 2. The van der Waals surface area contributed by atoms with Gasteiger partial charge in [0.05, 0.1) is 31.0 Å². The Labute approximate surface area is 204 Å². The number of carbonyl (C=O) groups is 2. The van der Waals surface area contributed by atoms with Crippen molar-refractivity contribution in [1.82, 2.24) is 0 Å². The van der Waals surface area contributed by atoms with Crippen molar-refractivity contribution in [2.75, 3.05) is 50.3 Å². The Balaban J connectivity index is 1.80. The molecule has 184 valence electrons. The molecule has 3 aromatic carbocycles. The quantitative estimate of drug-likeness (QED) is 0.253. The highest BCUT2D eigenvalue weighted by molar-refractivity contribution is 5.99. The molecule has 0 aliphatic rings. The Bertz CT molecular complexity index is 1200. The van der Waals surface area contributed by atoms with Crippen molar-refractivity contribution >= 4 is 28.9 Å². The summed E-state index contributed by atoms with van der Waals surface area (Å²) in [4.78, 5) is 23.7. The molecule has 3 rings (SSSR count). The summed E-state index contributed by atoms with van der Waals surface area (Å²) in [7, 11) is 4.77. The Kier molecular flexibility index (Phi) is 8.39. The SMILES string of the molecule is CNc1c(NCCNc2ccc(C(N)=O)c(OC)c2Cc2ccccc2)ccc(C(N)=O)c1OC. The van der Waals surface area contributed by atoms with Crippen molar-refractivity contribution in [2.45, 2.75) is 6.42 Å². The van der Waals surface area contributed by atoms with Crippen LogP contribution >= 0.6 is 0 Å². The fourth-order valence-electron chi connectivity index (χ4n) is 3.97. The van der Waals surface area contributed by atoms with Crippen molar-refractivity contribution in [1.29, 1.82) is 0 Å². The maximum atomic E-state index is 12.0. The second-order valence-electron chi connectivity index (χ2n) is 7.74. The summed E-state index contributed by atoms with van der Waals surface area (Å²) in [5.41, 5.74) is 15.8. The first kappa shape index (κ1) is 25.2. The van der Waals surface area contributed by atoms with Gasteiger partial charge in [0.15, 0.2) is 5.75 Å². The van der Waals surface area contributed by atoms with E-state index in [1.165, 1.54) is 14.2 Å². The van der Waals surface area contributed by atoms with E-state index in [4.69, 9.17) is 20.9 Å². The number of hydrogen-bond donors (Lipinski definition) is 5. The second-order valence-corrected chi connectivity index (χ2v) is 7.74. The Morgan fingerprint density at radius 3 is 1.86 bits per heavy atom. The van der Waals surface area contributed by atoms with Gasteiger partial charge in [0, 0.05) is 37.8 Å². The summed E-state index contributed by atoms with van der Waals surface area (Å²) in [6.45, 7) is 1.11. The monoisotopic (exact) mass is 477 g/mol. The minimum absolute atomic E-state index is 0.299. The molecule has 0 atom stereocenters. The number of nitrogens with one attached hydrogen (secondary N) is 3. The van der Waals surface area contributed by atoms with Gasteiger partial charge in [-0.15, -0.1) is 0 Å². The number of carbonyl (C=O) groups excluding carboxylic acids is 2. The lowest BCUT2D eigenvalue weighted by Crippen LogP contribution is -2.18. The van der Waals surface area contributed by atoms with E-state index in [-0.39, 0.29) is 0 Å². The molecule has 0 bridgehead atoms. The van der Waals surface area contributed by atoms with Crippen LogP contribution in [0.3, 0.4) is 0 Å². The van der Waals surface area contributed by atoms with Crippen LogP contribution in [0.15, 0.2) is 54.6 Å². The van der Waals surface area contributed by atoms with E-state index in [2.05, 4.69) is 16.0 Å².